The van der Waals surface area contributed by atoms with Gasteiger partial charge in [0.15, 0.2) is 22.5 Å². The summed E-state index contributed by atoms with van der Waals surface area (Å²) in [4.78, 5) is 12.3. The van der Waals surface area contributed by atoms with E-state index in [1.165, 1.54) is 11.8 Å². The molecule has 0 aliphatic carbocycles. The molecular weight excluding hydrogens is 424 g/mol. The molecule has 0 unspecified atom stereocenters. The minimum atomic E-state index is -0.0888. The number of carbonyl (C=O) groups is 1. The van der Waals surface area contributed by atoms with Gasteiger partial charge in [-0.05, 0) is 36.4 Å². The predicted molar refractivity (Wildman–Crippen MR) is 117 cm³/mol. The molecule has 1 aromatic heterocycles. The molecule has 2 aromatic carbocycles. The Hall–Kier alpha value is -2.97. The van der Waals surface area contributed by atoms with Crippen molar-refractivity contribution in [2.24, 2.45) is 0 Å². The van der Waals surface area contributed by atoms with Gasteiger partial charge in [0, 0.05) is 41.1 Å². The molecule has 0 atom stereocenters. The van der Waals surface area contributed by atoms with E-state index in [9.17, 15) is 4.79 Å². The highest BCUT2D eigenvalue weighted by Gasteiger charge is 2.16. The fraction of sp³-hybridized carbons (Fsp3) is 0.190. The number of nitrogens with one attached hydrogen (secondary N) is 1. The minimum absolute atomic E-state index is 0.0888. The van der Waals surface area contributed by atoms with Gasteiger partial charge in [0.2, 0.25) is 12.7 Å². The van der Waals surface area contributed by atoms with Gasteiger partial charge in [-0.1, -0.05) is 29.4 Å². The molecule has 0 radical (unpaired) electrons. The monoisotopic (exact) mass is 442 g/mol. The lowest BCUT2D eigenvalue weighted by atomic mass is 10.2. The number of aromatic nitrogens is 3. The molecule has 9 heteroatoms. The summed E-state index contributed by atoms with van der Waals surface area (Å²) in [6.45, 7) is 4.58. The first kappa shape index (κ1) is 20.3. The summed E-state index contributed by atoms with van der Waals surface area (Å²) in [6, 6.07) is 12.8. The van der Waals surface area contributed by atoms with Gasteiger partial charge in [-0.2, -0.15) is 0 Å². The average Bonchev–Trinajstić information content (AvgIpc) is 3.36. The molecule has 1 aliphatic rings. The number of anilines is 1. The average molecular weight is 443 g/mol. The SMILES string of the molecule is C=CCn1c(SCCC(=O)Nc2ccc3c(c2)OCO3)nnc1-c1ccc(Cl)cc1. The zero-order valence-electron chi connectivity index (χ0n) is 16.0. The van der Waals surface area contributed by atoms with Gasteiger partial charge in [0.05, 0.1) is 0 Å². The van der Waals surface area contributed by atoms with E-state index >= 15 is 0 Å². The topological polar surface area (TPSA) is 78.3 Å². The fourth-order valence-corrected chi connectivity index (χ4v) is 3.95. The third-order valence-electron chi connectivity index (χ3n) is 4.35. The quantitative estimate of drug-likeness (QED) is 0.404. The van der Waals surface area contributed by atoms with Crippen LogP contribution in [-0.2, 0) is 11.3 Å². The molecule has 1 aliphatic heterocycles. The zero-order chi connectivity index (χ0) is 20.9. The second kappa shape index (κ2) is 9.23. The molecule has 7 nitrogen and oxygen atoms in total. The molecule has 2 heterocycles. The summed E-state index contributed by atoms with van der Waals surface area (Å²) < 4.78 is 12.6. The fourth-order valence-electron chi connectivity index (χ4n) is 2.93. The smallest absolute Gasteiger partial charge is 0.231 e. The third-order valence-corrected chi connectivity index (χ3v) is 5.57. The molecule has 0 bridgehead atoms. The van der Waals surface area contributed by atoms with Gasteiger partial charge >= 0.3 is 0 Å². The number of nitrogens with zero attached hydrogens (tertiary/aromatic N) is 3. The van der Waals surface area contributed by atoms with Crippen molar-refractivity contribution in [2.45, 2.75) is 18.1 Å². The summed E-state index contributed by atoms with van der Waals surface area (Å²) in [6.07, 6.45) is 2.12. The molecule has 1 amide bonds. The molecule has 3 aromatic rings. The van der Waals surface area contributed by atoms with Gasteiger partial charge in [0.1, 0.15) is 0 Å². The summed E-state index contributed by atoms with van der Waals surface area (Å²) >= 11 is 7.45. The van der Waals surface area contributed by atoms with Crippen LogP contribution in [0.2, 0.25) is 5.02 Å². The van der Waals surface area contributed by atoms with Crippen LogP contribution in [0.5, 0.6) is 11.5 Å². The molecule has 0 spiro atoms. The predicted octanol–water partition coefficient (Wildman–Crippen LogP) is 4.63. The van der Waals surface area contributed by atoms with E-state index in [0.29, 0.717) is 40.9 Å². The number of hydrogen-bond acceptors (Lipinski definition) is 6. The second-order valence-electron chi connectivity index (χ2n) is 6.43. The van der Waals surface area contributed by atoms with Gasteiger partial charge in [0.25, 0.3) is 0 Å². The Morgan fingerprint density at radius 1 is 1.20 bits per heavy atom. The van der Waals surface area contributed by atoms with Crippen molar-refractivity contribution in [3.63, 3.8) is 0 Å². The number of rotatable bonds is 8. The van der Waals surface area contributed by atoms with E-state index in [1.807, 2.05) is 28.8 Å². The van der Waals surface area contributed by atoms with Gasteiger partial charge in [-0.25, -0.2) is 0 Å². The van der Waals surface area contributed by atoms with Crippen molar-refractivity contribution in [3.05, 3.63) is 60.1 Å². The maximum atomic E-state index is 12.3. The van der Waals surface area contributed by atoms with Crippen LogP contribution in [0.1, 0.15) is 6.42 Å². The Bertz CT molecular complexity index is 1070. The van der Waals surface area contributed by atoms with Crippen molar-refractivity contribution in [1.29, 1.82) is 0 Å². The summed E-state index contributed by atoms with van der Waals surface area (Å²) in [5.74, 6) is 2.52. The lowest BCUT2D eigenvalue weighted by Crippen LogP contribution is -2.12. The highest BCUT2D eigenvalue weighted by Crippen LogP contribution is 2.34. The van der Waals surface area contributed by atoms with Crippen molar-refractivity contribution in [3.8, 4) is 22.9 Å². The first-order valence-corrected chi connectivity index (χ1v) is 10.6. The summed E-state index contributed by atoms with van der Waals surface area (Å²) in [7, 11) is 0. The van der Waals surface area contributed by atoms with Crippen molar-refractivity contribution in [2.75, 3.05) is 17.9 Å². The standard InChI is InChI=1S/C21H19ClN4O3S/c1-2-10-26-20(14-3-5-15(22)6-4-14)24-25-21(26)30-11-9-19(27)23-16-7-8-17-18(12-16)29-13-28-17/h2-8,12H,1,9-11,13H2,(H,23,27). The Morgan fingerprint density at radius 2 is 2.00 bits per heavy atom. The van der Waals surface area contributed by atoms with Gasteiger partial charge in [-0.15, -0.1) is 16.8 Å². The number of carbonyl (C=O) groups excluding carboxylic acids is 1. The van der Waals surface area contributed by atoms with Crippen LogP contribution in [0.4, 0.5) is 5.69 Å². The summed E-state index contributed by atoms with van der Waals surface area (Å²) in [5.41, 5.74) is 1.59. The van der Waals surface area contributed by atoms with Crippen LogP contribution < -0.4 is 14.8 Å². The zero-order valence-corrected chi connectivity index (χ0v) is 17.6. The van der Waals surface area contributed by atoms with Crippen LogP contribution in [0.15, 0.2) is 60.3 Å². The molecule has 0 fully saturated rings. The number of thioether (sulfide) groups is 1. The van der Waals surface area contributed by atoms with Crippen molar-refractivity contribution in [1.82, 2.24) is 14.8 Å². The number of ether oxygens (including phenoxy) is 2. The Balaban J connectivity index is 1.37. The van der Waals surface area contributed by atoms with Crippen molar-refractivity contribution >= 4 is 35.0 Å². The van der Waals surface area contributed by atoms with Gasteiger partial charge in [-0.3, -0.25) is 9.36 Å². The molecule has 154 valence electrons. The minimum Gasteiger partial charge on any atom is -0.454 e. The Morgan fingerprint density at radius 3 is 2.80 bits per heavy atom. The number of benzene rings is 2. The lowest BCUT2D eigenvalue weighted by molar-refractivity contribution is -0.115. The lowest BCUT2D eigenvalue weighted by Gasteiger charge is -2.08. The first-order valence-electron chi connectivity index (χ1n) is 9.26. The molecule has 0 saturated carbocycles. The van der Waals surface area contributed by atoms with Crippen LogP contribution >= 0.6 is 23.4 Å². The normalized spacial score (nSPS) is 12.0. The maximum Gasteiger partial charge on any atom is 0.231 e. The van der Waals surface area contributed by atoms with E-state index in [-0.39, 0.29) is 12.7 Å². The third kappa shape index (κ3) is 4.60. The van der Waals surface area contributed by atoms with E-state index < -0.39 is 0 Å². The van der Waals surface area contributed by atoms with E-state index in [1.54, 1.807) is 24.3 Å². The van der Waals surface area contributed by atoms with Crippen molar-refractivity contribution < 1.29 is 14.3 Å². The highest BCUT2D eigenvalue weighted by molar-refractivity contribution is 7.99. The number of halogens is 1. The van der Waals surface area contributed by atoms with Crippen LogP contribution in [0, 0.1) is 0 Å². The van der Waals surface area contributed by atoms with E-state index in [2.05, 4.69) is 22.1 Å². The summed E-state index contributed by atoms with van der Waals surface area (Å²) in [5, 5.41) is 12.9. The van der Waals surface area contributed by atoms with Gasteiger partial charge < -0.3 is 14.8 Å². The Kier molecular flexibility index (Phi) is 6.25. The molecule has 1 N–H and O–H groups in total. The van der Waals surface area contributed by atoms with E-state index in [4.69, 9.17) is 21.1 Å². The number of amides is 1. The molecule has 4 rings (SSSR count). The largest absolute Gasteiger partial charge is 0.454 e. The van der Waals surface area contributed by atoms with Crippen LogP contribution in [0.3, 0.4) is 0 Å². The second-order valence-corrected chi connectivity index (χ2v) is 7.93. The number of hydrogen-bond donors (Lipinski definition) is 1. The highest BCUT2D eigenvalue weighted by atomic mass is 35.5. The number of allylic oxidation sites excluding steroid dienone is 1. The van der Waals surface area contributed by atoms with E-state index in [0.717, 1.165) is 16.5 Å². The number of fused-ring (bicyclic) bond motifs is 1. The Labute approximate surface area is 183 Å². The maximum absolute atomic E-state index is 12.3. The van der Waals surface area contributed by atoms with Crippen LogP contribution in [-0.4, -0.2) is 33.2 Å². The first-order chi connectivity index (χ1) is 14.6. The molecule has 0 saturated heterocycles. The molecular formula is C21H19ClN4O3S. The molecule has 30 heavy (non-hydrogen) atoms. The van der Waals surface area contributed by atoms with Crippen LogP contribution in [0.25, 0.3) is 11.4 Å².